The van der Waals surface area contributed by atoms with Crippen LogP contribution in [0.3, 0.4) is 0 Å². The van der Waals surface area contributed by atoms with Gasteiger partial charge in [-0.05, 0) is 6.42 Å². The standard InChI is InChI=1S/C14H28NO9P/c1-2-3-4-5-6-7-13(17)22-8-11(16)9-23-25(20,21)24-10-12(15)14(18)19/h11-12,16H,2-10,15H2,1H3,(H,18,19)(H,20,21). The quantitative estimate of drug-likeness (QED) is 0.180. The predicted molar refractivity (Wildman–Crippen MR) is 87.7 cm³/mol. The van der Waals surface area contributed by atoms with E-state index in [0.717, 1.165) is 25.7 Å². The Labute approximate surface area is 146 Å². The number of aliphatic hydroxyl groups is 1. The van der Waals surface area contributed by atoms with Gasteiger partial charge in [0.1, 0.15) is 18.8 Å². The minimum atomic E-state index is -4.56. The van der Waals surface area contributed by atoms with Crippen LogP contribution in [-0.4, -0.2) is 59.0 Å². The van der Waals surface area contributed by atoms with Crippen LogP contribution in [0.2, 0.25) is 0 Å². The van der Waals surface area contributed by atoms with E-state index in [4.69, 9.17) is 15.6 Å². The molecule has 0 aliphatic rings. The number of rotatable bonds is 15. The van der Waals surface area contributed by atoms with E-state index in [1.54, 1.807) is 0 Å². The van der Waals surface area contributed by atoms with E-state index >= 15 is 0 Å². The summed E-state index contributed by atoms with van der Waals surface area (Å²) in [4.78, 5) is 31.2. The van der Waals surface area contributed by atoms with E-state index in [9.17, 15) is 24.2 Å². The molecule has 0 bridgehead atoms. The maximum atomic E-state index is 11.5. The van der Waals surface area contributed by atoms with Crippen molar-refractivity contribution in [1.29, 1.82) is 0 Å². The smallest absolute Gasteiger partial charge is 0.472 e. The number of carbonyl (C=O) groups is 2. The van der Waals surface area contributed by atoms with Gasteiger partial charge >= 0.3 is 19.8 Å². The highest BCUT2D eigenvalue weighted by Crippen LogP contribution is 2.43. The molecule has 0 aromatic heterocycles. The molecule has 0 heterocycles. The second kappa shape index (κ2) is 13.2. The molecule has 0 saturated heterocycles. The number of carboxylic acid groups (broad SMARTS) is 1. The maximum Gasteiger partial charge on any atom is 0.472 e. The van der Waals surface area contributed by atoms with Gasteiger partial charge in [0.2, 0.25) is 0 Å². The Morgan fingerprint density at radius 2 is 1.68 bits per heavy atom. The molecule has 5 N–H and O–H groups in total. The van der Waals surface area contributed by atoms with E-state index in [-0.39, 0.29) is 13.0 Å². The van der Waals surface area contributed by atoms with E-state index < -0.39 is 45.1 Å². The number of aliphatic hydroxyl groups excluding tert-OH is 1. The number of carbonyl (C=O) groups excluding carboxylic acids is 1. The van der Waals surface area contributed by atoms with Crippen LogP contribution < -0.4 is 5.73 Å². The molecule has 0 aliphatic heterocycles. The Hall–Kier alpha value is -1.03. The highest BCUT2D eigenvalue weighted by molar-refractivity contribution is 7.47. The summed E-state index contributed by atoms with van der Waals surface area (Å²) >= 11 is 0. The molecule has 3 atom stereocenters. The van der Waals surface area contributed by atoms with Gasteiger partial charge in [-0.25, -0.2) is 4.57 Å². The van der Waals surface area contributed by atoms with Gasteiger partial charge in [-0.15, -0.1) is 0 Å². The van der Waals surface area contributed by atoms with Crippen LogP contribution in [0.5, 0.6) is 0 Å². The van der Waals surface area contributed by atoms with Crippen molar-refractivity contribution in [3.63, 3.8) is 0 Å². The first-order chi connectivity index (χ1) is 11.7. The lowest BCUT2D eigenvalue weighted by Crippen LogP contribution is -2.34. The molecule has 0 rings (SSSR count). The molecule has 0 radical (unpaired) electrons. The number of phosphoric acid groups is 1. The average molecular weight is 385 g/mol. The van der Waals surface area contributed by atoms with Crippen molar-refractivity contribution in [3.8, 4) is 0 Å². The van der Waals surface area contributed by atoms with E-state index in [2.05, 4.69) is 16.0 Å². The first-order valence-corrected chi connectivity index (χ1v) is 9.61. The summed E-state index contributed by atoms with van der Waals surface area (Å²) < 4.78 is 25.1. The molecule has 0 aliphatic carbocycles. The second-order valence-electron chi connectivity index (χ2n) is 5.51. The van der Waals surface area contributed by atoms with Crippen molar-refractivity contribution in [2.75, 3.05) is 19.8 Å². The van der Waals surface area contributed by atoms with Gasteiger partial charge in [-0.2, -0.15) is 0 Å². The Kier molecular flexibility index (Phi) is 12.7. The molecular weight excluding hydrogens is 357 g/mol. The lowest BCUT2D eigenvalue weighted by atomic mass is 10.1. The summed E-state index contributed by atoms with van der Waals surface area (Å²) in [6.07, 6.45) is 3.83. The molecule has 0 aromatic rings. The largest absolute Gasteiger partial charge is 0.480 e. The third-order valence-electron chi connectivity index (χ3n) is 3.09. The molecule has 148 valence electrons. The Morgan fingerprint density at radius 1 is 1.08 bits per heavy atom. The fraction of sp³-hybridized carbons (Fsp3) is 0.857. The monoisotopic (exact) mass is 385 g/mol. The fourth-order valence-electron chi connectivity index (χ4n) is 1.65. The van der Waals surface area contributed by atoms with E-state index in [1.165, 1.54) is 0 Å². The summed E-state index contributed by atoms with van der Waals surface area (Å²) in [5.74, 6) is -1.87. The van der Waals surface area contributed by atoms with Crippen molar-refractivity contribution in [3.05, 3.63) is 0 Å². The van der Waals surface area contributed by atoms with Crippen LogP contribution in [0.25, 0.3) is 0 Å². The first kappa shape index (κ1) is 24.0. The zero-order valence-electron chi connectivity index (χ0n) is 14.3. The van der Waals surface area contributed by atoms with Crippen LogP contribution in [0.15, 0.2) is 0 Å². The summed E-state index contributed by atoms with van der Waals surface area (Å²) in [6.45, 7) is 0.350. The van der Waals surface area contributed by atoms with Crippen LogP contribution in [-0.2, 0) is 27.9 Å². The number of nitrogens with two attached hydrogens (primary N) is 1. The summed E-state index contributed by atoms with van der Waals surface area (Å²) in [6, 6.07) is -1.48. The van der Waals surface area contributed by atoms with Crippen molar-refractivity contribution in [2.45, 2.75) is 57.6 Å². The number of hydrogen-bond donors (Lipinski definition) is 4. The molecule has 0 amide bonds. The first-order valence-electron chi connectivity index (χ1n) is 8.12. The highest BCUT2D eigenvalue weighted by atomic mass is 31.2. The Balaban J connectivity index is 3.87. The van der Waals surface area contributed by atoms with Gasteiger partial charge in [0.25, 0.3) is 0 Å². The SMILES string of the molecule is CCCCCCCC(=O)OCC(O)COP(=O)(O)OCC(N)C(=O)O. The summed E-state index contributed by atoms with van der Waals surface area (Å²) in [7, 11) is -4.56. The van der Waals surface area contributed by atoms with Crippen molar-refractivity contribution < 1.29 is 43.0 Å². The predicted octanol–water partition coefficient (Wildman–Crippen LogP) is 0.796. The number of esters is 1. The maximum absolute atomic E-state index is 11.5. The molecule has 0 fully saturated rings. The van der Waals surface area contributed by atoms with Crippen LogP contribution in [0, 0.1) is 0 Å². The number of unbranched alkanes of at least 4 members (excludes halogenated alkanes) is 4. The van der Waals surface area contributed by atoms with Crippen molar-refractivity contribution in [2.24, 2.45) is 5.73 Å². The van der Waals surface area contributed by atoms with E-state index in [1.807, 2.05) is 0 Å². The fourth-order valence-corrected chi connectivity index (χ4v) is 2.43. The Bertz CT molecular complexity index is 446. The zero-order valence-corrected chi connectivity index (χ0v) is 15.2. The normalized spacial score (nSPS) is 16.0. The highest BCUT2D eigenvalue weighted by Gasteiger charge is 2.26. The van der Waals surface area contributed by atoms with Crippen LogP contribution in [0.4, 0.5) is 0 Å². The molecule has 10 nitrogen and oxygen atoms in total. The molecule has 25 heavy (non-hydrogen) atoms. The molecule has 0 aromatic carbocycles. The van der Waals surface area contributed by atoms with Gasteiger partial charge in [-0.3, -0.25) is 18.6 Å². The minimum Gasteiger partial charge on any atom is -0.480 e. The Morgan fingerprint density at radius 3 is 2.28 bits per heavy atom. The zero-order chi connectivity index (χ0) is 19.3. The molecular formula is C14H28NO9P. The number of hydrogen-bond acceptors (Lipinski definition) is 8. The minimum absolute atomic E-state index is 0.242. The lowest BCUT2D eigenvalue weighted by Gasteiger charge is -2.16. The third kappa shape index (κ3) is 13.9. The van der Waals surface area contributed by atoms with Gasteiger partial charge in [0, 0.05) is 6.42 Å². The van der Waals surface area contributed by atoms with Gasteiger partial charge < -0.3 is 25.6 Å². The van der Waals surface area contributed by atoms with E-state index in [0.29, 0.717) is 6.42 Å². The van der Waals surface area contributed by atoms with Crippen molar-refractivity contribution in [1.82, 2.24) is 0 Å². The molecule has 0 spiro atoms. The topological polar surface area (TPSA) is 166 Å². The number of phosphoric ester groups is 1. The average Bonchev–Trinajstić information content (AvgIpc) is 2.55. The number of ether oxygens (including phenoxy) is 1. The molecule has 0 saturated carbocycles. The van der Waals surface area contributed by atoms with Crippen molar-refractivity contribution >= 4 is 19.8 Å². The summed E-state index contributed by atoms with van der Waals surface area (Å²) in [5, 5.41) is 18.1. The number of aliphatic carboxylic acids is 1. The van der Waals surface area contributed by atoms with Gasteiger partial charge in [0.15, 0.2) is 0 Å². The number of carboxylic acids is 1. The molecule has 11 heteroatoms. The van der Waals surface area contributed by atoms with Gasteiger partial charge in [0.05, 0.1) is 13.2 Å². The lowest BCUT2D eigenvalue weighted by molar-refractivity contribution is -0.147. The summed E-state index contributed by atoms with van der Waals surface area (Å²) in [5.41, 5.74) is 5.11. The van der Waals surface area contributed by atoms with Gasteiger partial charge in [-0.1, -0.05) is 32.6 Å². The van der Waals surface area contributed by atoms with Crippen LogP contribution >= 0.6 is 7.82 Å². The van der Waals surface area contributed by atoms with Crippen LogP contribution in [0.1, 0.15) is 45.4 Å². The second-order valence-corrected chi connectivity index (χ2v) is 6.96. The molecule has 3 unspecified atom stereocenters. The third-order valence-corrected chi connectivity index (χ3v) is 4.04.